The molecule has 0 heterocycles. The number of nitro groups is 3. The zero-order valence-corrected chi connectivity index (χ0v) is 18.0. The van der Waals surface area contributed by atoms with Gasteiger partial charge in [-0.05, 0) is 29.7 Å². The van der Waals surface area contributed by atoms with Crippen molar-refractivity contribution < 1.29 is 14.8 Å². The number of allylic oxidation sites excluding steroid dienone is 1. The Hall–Kier alpha value is -4.93. The van der Waals surface area contributed by atoms with E-state index in [1.807, 2.05) is 31.2 Å². The molecule has 3 aromatic rings. The summed E-state index contributed by atoms with van der Waals surface area (Å²) in [6.45, 7) is 2.02. The van der Waals surface area contributed by atoms with Crippen LogP contribution in [0.3, 0.4) is 0 Å². The minimum absolute atomic E-state index is 0.0259. The summed E-state index contributed by atoms with van der Waals surface area (Å²) in [6.07, 6.45) is 4.08. The molecule has 0 radical (unpaired) electrons. The van der Waals surface area contributed by atoms with E-state index in [0.29, 0.717) is 16.8 Å². The summed E-state index contributed by atoms with van der Waals surface area (Å²) in [5.74, 6) is 0. The lowest BCUT2D eigenvalue weighted by molar-refractivity contribution is -0.393. The highest BCUT2D eigenvalue weighted by atomic mass is 16.6. The van der Waals surface area contributed by atoms with Crippen molar-refractivity contribution in [3.63, 3.8) is 0 Å². The third-order valence-electron chi connectivity index (χ3n) is 4.86. The molecule has 3 aromatic carbocycles. The molecule has 0 atom stereocenters. The number of nitro benzene ring substituents is 3. The number of hydrogen-bond acceptors (Lipinski definition) is 8. The fourth-order valence-corrected chi connectivity index (χ4v) is 3.03. The Morgan fingerprint density at radius 2 is 1.56 bits per heavy atom. The van der Waals surface area contributed by atoms with E-state index in [1.54, 1.807) is 24.3 Å². The molecule has 0 aliphatic heterocycles. The van der Waals surface area contributed by atoms with Gasteiger partial charge in [0.05, 0.1) is 26.5 Å². The Morgan fingerprint density at radius 3 is 2.18 bits per heavy atom. The standard InChI is InChI=1S/C23H19N5O6/c1-2-16-6-9-18(10-7-16)21(12-8-17-4-3-5-19(14-17)26(29)30)24-25-22-13-11-20(27(31)32)15-23(22)28(33)34/h3-15,25H,2H2,1H3. The minimum Gasteiger partial charge on any atom is -0.271 e. The fourth-order valence-electron chi connectivity index (χ4n) is 3.03. The van der Waals surface area contributed by atoms with Crippen molar-refractivity contribution in [3.05, 3.63) is 120 Å². The minimum atomic E-state index is -0.737. The van der Waals surface area contributed by atoms with Gasteiger partial charge >= 0.3 is 5.69 Å². The molecule has 0 unspecified atom stereocenters. The molecule has 11 heteroatoms. The second kappa shape index (κ2) is 10.6. The van der Waals surface area contributed by atoms with Crippen LogP contribution in [0.5, 0.6) is 0 Å². The van der Waals surface area contributed by atoms with Gasteiger partial charge in [0.15, 0.2) is 0 Å². The van der Waals surface area contributed by atoms with Crippen molar-refractivity contribution in [2.24, 2.45) is 5.10 Å². The number of rotatable bonds is 9. The molecule has 0 aromatic heterocycles. The van der Waals surface area contributed by atoms with Crippen LogP contribution in [0.1, 0.15) is 23.6 Å². The lowest BCUT2D eigenvalue weighted by atomic mass is 10.0. The first-order valence-electron chi connectivity index (χ1n) is 10.1. The van der Waals surface area contributed by atoms with Gasteiger partial charge in [-0.25, -0.2) is 0 Å². The number of non-ortho nitro benzene ring substituents is 2. The molecule has 0 saturated carbocycles. The van der Waals surface area contributed by atoms with Crippen LogP contribution in [0, 0.1) is 30.3 Å². The Morgan fingerprint density at radius 1 is 0.882 bits per heavy atom. The Bertz CT molecular complexity index is 1300. The van der Waals surface area contributed by atoms with Crippen molar-refractivity contribution in [2.75, 3.05) is 5.43 Å². The van der Waals surface area contributed by atoms with Crippen molar-refractivity contribution in [1.82, 2.24) is 0 Å². The van der Waals surface area contributed by atoms with Crippen molar-refractivity contribution in [2.45, 2.75) is 13.3 Å². The fraction of sp³-hybridized carbons (Fsp3) is 0.0870. The van der Waals surface area contributed by atoms with E-state index in [0.717, 1.165) is 24.1 Å². The summed E-state index contributed by atoms with van der Waals surface area (Å²) in [5.41, 5.74) is 4.36. The Balaban J connectivity index is 2.00. The maximum atomic E-state index is 11.4. The first-order valence-corrected chi connectivity index (χ1v) is 10.1. The molecule has 0 amide bonds. The lowest BCUT2D eigenvalue weighted by Gasteiger charge is -2.07. The Kier molecular flexibility index (Phi) is 7.39. The highest BCUT2D eigenvalue weighted by Gasteiger charge is 2.19. The van der Waals surface area contributed by atoms with Gasteiger partial charge in [-0.1, -0.05) is 49.4 Å². The molecule has 3 rings (SSSR count). The summed E-state index contributed by atoms with van der Waals surface area (Å²) < 4.78 is 0. The van der Waals surface area contributed by atoms with E-state index in [-0.39, 0.29) is 11.4 Å². The molecule has 0 aliphatic rings. The molecule has 0 fully saturated rings. The van der Waals surface area contributed by atoms with Gasteiger partial charge in [-0.15, -0.1) is 0 Å². The first-order chi connectivity index (χ1) is 16.3. The average molecular weight is 461 g/mol. The lowest BCUT2D eigenvalue weighted by Crippen LogP contribution is -2.04. The summed E-state index contributed by atoms with van der Waals surface area (Å²) in [4.78, 5) is 31.4. The zero-order valence-electron chi connectivity index (χ0n) is 18.0. The molecule has 11 nitrogen and oxygen atoms in total. The number of nitrogens with zero attached hydrogens (tertiary/aromatic N) is 4. The second-order valence-electron chi connectivity index (χ2n) is 7.06. The number of hydrogen-bond donors (Lipinski definition) is 1. The number of anilines is 1. The quantitative estimate of drug-likeness (QED) is 0.250. The Labute approximate surface area is 193 Å². The van der Waals surface area contributed by atoms with Gasteiger partial charge in [0.2, 0.25) is 0 Å². The van der Waals surface area contributed by atoms with E-state index in [4.69, 9.17) is 0 Å². The smallest absolute Gasteiger partial charge is 0.271 e. The van der Waals surface area contributed by atoms with Crippen LogP contribution in [-0.2, 0) is 6.42 Å². The molecule has 0 aliphatic carbocycles. The van der Waals surface area contributed by atoms with Crippen LogP contribution >= 0.6 is 0 Å². The second-order valence-corrected chi connectivity index (χ2v) is 7.06. The number of benzene rings is 3. The highest BCUT2D eigenvalue weighted by Crippen LogP contribution is 2.29. The van der Waals surface area contributed by atoms with Gasteiger partial charge in [0.1, 0.15) is 5.69 Å². The molecule has 1 N–H and O–H groups in total. The SMILES string of the molecule is CCc1ccc(C(C=Cc2cccc([N+](=O)[O-])c2)=NNc2ccc([N+](=O)[O-])cc2[N+](=O)[O-])cc1. The normalized spacial score (nSPS) is 11.4. The maximum absolute atomic E-state index is 11.4. The number of hydrazone groups is 1. The van der Waals surface area contributed by atoms with E-state index in [9.17, 15) is 30.3 Å². The number of aryl methyl sites for hydroxylation is 1. The van der Waals surface area contributed by atoms with Gasteiger partial charge in [-0.3, -0.25) is 35.8 Å². The van der Waals surface area contributed by atoms with Crippen molar-refractivity contribution in [1.29, 1.82) is 0 Å². The third kappa shape index (κ3) is 5.85. The predicted octanol–water partition coefficient (Wildman–Crippen LogP) is 5.50. The third-order valence-corrected chi connectivity index (χ3v) is 4.86. The molecule has 0 spiro atoms. The summed E-state index contributed by atoms with van der Waals surface area (Å²) >= 11 is 0. The monoisotopic (exact) mass is 461 g/mol. The van der Waals surface area contributed by atoms with Crippen LogP contribution in [0.2, 0.25) is 0 Å². The molecule has 0 saturated heterocycles. The molecule has 34 heavy (non-hydrogen) atoms. The van der Waals surface area contributed by atoms with Gasteiger partial charge in [0.25, 0.3) is 11.4 Å². The van der Waals surface area contributed by atoms with Gasteiger partial charge in [0, 0.05) is 23.8 Å². The predicted molar refractivity (Wildman–Crippen MR) is 128 cm³/mol. The highest BCUT2D eigenvalue weighted by molar-refractivity contribution is 6.11. The van der Waals surface area contributed by atoms with Crippen LogP contribution in [-0.4, -0.2) is 20.5 Å². The van der Waals surface area contributed by atoms with Gasteiger partial charge in [-0.2, -0.15) is 5.10 Å². The van der Waals surface area contributed by atoms with Crippen LogP contribution in [0.4, 0.5) is 22.7 Å². The van der Waals surface area contributed by atoms with Crippen molar-refractivity contribution in [3.8, 4) is 0 Å². The van der Waals surface area contributed by atoms with Crippen LogP contribution < -0.4 is 5.43 Å². The van der Waals surface area contributed by atoms with Crippen molar-refractivity contribution >= 4 is 34.5 Å². The number of nitrogens with one attached hydrogen (secondary N) is 1. The molecule has 172 valence electrons. The van der Waals surface area contributed by atoms with Crippen LogP contribution in [0.15, 0.2) is 77.9 Å². The van der Waals surface area contributed by atoms with Gasteiger partial charge < -0.3 is 0 Å². The first kappa shape index (κ1) is 23.7. The molecular weight excluding hydrogens is 442 g/mol. The van der Waals surface area contributed by atoms with E-state index in [2.05, 4.69) is 10.5 Å². The molecular formula is C23H19N5O6. The maximum Gasteiger partial charge on any atom is 0.301 e. The topological polar surface area (TPSA) is 154 Å². The van der Waals surface area contributed by atoms with E-state index < -0.39 is 26.1 Å². The largest absolute Gasteiger partial charge is 0.301 e. The average Bonchev–Trinajstić information content (AvgIpc) is 2.84. The molecule has 0 bridgehead atoms. The van der Waals surface area contributed by atoms with Crippen LogP contribution in [0.25, 0.3) is 6.08 Å². The summed E-state index contributed by atoms with van der Waals surface area (Å²) in [7, 11) is 0. The van der Waals surface area contributed by atoms with E-state index >= 15 is 0 Å². The zero-order chi connectivity index (χ0) is 24.7. The summed E-state index contributed by atoms with van der Waals surface area (Å²) in [5, 5.41) is 37.7. The van der Waals surface area contributed by atoms with E-state index in [1.165, 1.54) is 18.2 Å². The summed E-state index contributed by atoms with van der Waals surface area (Å²) in [6, 6.07) is 16.7.